The maximum Gasteiger partial charge on any atom is 0.242 e. The van der Waals surface area contributed by atoms with Gasteiger partial charge in [-0.25, -0.2) is 12.7 Å². The fourth-order valence-corrected chi connectivity index (χ4v) is 3.65. The lowest BCUT2D eigenvalue weighted by Gasteiger charge is -2.31. The highest BCUT2D eigenvalue weighted by molar-refractivity contribution is 7.88. The van der Waals surface area contributed by atoms with Crippen molar-refractivity contribution in [3.05, 3.63) is 16.4 Å². The highest BCUT2D eigenvalue weighted by atomic mass is 35.5. The number of carbonyl (C=O) groups excluding carboxylic acids is 1. The van der Waals surface area contributed by atoms with Crippen LogP contribution in [-0.2, 0) is 21.4 Å². The molecule has 1 aliphatic rings. The summed E-state index contributed by atoms with van der Waals surface area (Å²) in [6.45, 7) is 4.51. The Bertz CT molecular complexity index is 671. The van der Waals surface area contributed by atoms with Crippen LogP contribution in [0.3, 0.4) is 0 Å². The Morgan fingerprint density at radius 1 is 1.45 bits per heavy atom. The van der Waals surface area contributed by atoms with Crippen molar-refractivity contribution < 1.29 is 13.2 Å². The first-order valence-corrected chi connectivity index (χ1v) is 9.35. The van der Waals surface area contributed by atoms with Gasteiger partial charge in [-0.2, -0.15) is 5.10 Å². The molecule has 0 bridgehead atoms. The minimum Gasteiger partial charge on any atom is -0.350 e. The third-order valence-electron chi connectivity index (χ3n) is 3.80. The number of aromatic nitrogens is 2. The smallest absolute Gasteiger partial charge is 0.242 e. The number of halogens is 1. The molecule has 124 valence electrons. The van der Waals surface area contributed by atoms with E-state index >= 15 is 0 Å². The van der Waals surface area contributed by atoms with E-state index < -0.39 is 10.0 Å². The summed E-state index contributed by atoms with van der Waals surface area (Å²) in [7, 11) is -3.22. The fourth-order valence-electron chi connectivity index (χ4n) is 2.60. The van der Waals surface area contributed by atoms with E-state index in [4.69, 9.17) is 11.6 Å². The van der Waals surface area contributed by atoms with Crippen LogP contribution in [0.5, 0.6) is 0 Å². The molecule has 1 amide bonds. The Morgan fingerprint density at radius 3 is 2.68 bits per heavy atom. The van der Waals surface area contributed by atoms with E-state index in [0.29, 0.717) is 23.8 Å². The van der Waals surface area contributed by atoms with E-state index in [1.165, 1.54) is 10.6 Å². The molecule has 22 heavy (non-hydrogen) atoms. The van der Waals surface area contributed by atoms with Crippen LogP contribution in [0, 0.1) is 13.8 Å². The molecule has 1 N–H and O–H groups in total. The molecule has 1 aromatic rings. The van der Waals surface area contributed by atoms with Gasteiger partial charge in [0, 0.05) is 19.1 Å². The maximum atomic E-state index is 12.1. The number of hydrogen-bond acceptors (Lipinski definition) is 4. The summed E-state index contributed by atoms with van der Waals surface area (Å²) in [4.78, 5) is 12.1. The summed E-state index contributed by atoms with van der Waals surface area (Å²) in [5, 5.41) is 7.65. The number of aryl methyl sites for hydroxylation is 1. The molecule has 1 aromatic heterocycles. The molecule has 0 radical (unpaired) electrons. The largest absolute Gasteiger partial charge is 0.350 e. The lowest BCUT2D eigenvalue weighted by atomic mass is 10.1. The Hall–Kier alpha value is -1.12. The predicted octanol–water partition coefficient (Wildman–Crippen LogP) is 0.694. The monoisotopic (exact) mass is 348 g/mol. The molecular formula is C13H21ClN4O3S. The van der Waals surface area contributed by atoms with Crippen molar-refractivity contribution in [1.82, 2.24) is 19.4 Å². The summed E-state index contributed by atoms with van der Waals surface area (Å²) in [5.74, 6) is -0.192. The van der Waals surface area contributed by atoms with E-state index in [-0.39, 0.29) is 18.5 Å². The lowest BCUT2D eigenvalue weighted by molar-refractivity contribution is -0.122. The minimum atomic E-state index is -3.22. The van der Waals surface area contributed by atoms with Gasteiger partial charge in [-0.15, -0.1) is 0 Å². The van der Waals surface area contributed by atoms with Crippen molar-refractivity contribution in [3.8, 4) is 0 Å². The van der Waals surface area contributed by atoms with Crippen LogP contribution >= 0.6 is 11.6 Å². The second-order valence-corrected chi connectivity index (χ2v) is 8.03. The summed E-state index contributed by atoms with van der Waals surface area (Å²) < 4.78 is 26.1. The number of amides is 1. The summed E-state index contributed by atoms with van der Waals surface area (Å²) in [5.41, 5.74) is 1.43. The third-order valence-corrected chi connectivity index (χ3v) is 5.62. The standard InChI is InChI=1S/C13H21ClN4O3S/c1-9-13(14)10(2)18(16-9)8-12(19)15-11-5-4-6-17(7-11)22(3,20)21/h11H,4-8H2,1-3H3,(H,15,19). The molecule has 9 heteroatoms. The van der Waals surface area contributed by atoms with Crippen LogP contribution in [0.25, 0.3) is 0 Å². The zero-order valence-electron chi connectivity index (χ0n) is 13.0. The third kappa shape index (κ3) is 3.99. The Kier molecular flexibility index (Phi) is 5.14. The molecular weight excluding hydrogens is 328 g/mol. The summed E-state index contributed by atoms with van der Waals surface area (Å²) >= 11 is 6.05. The first-order valence-electron chi connectivity index (χ1n) is 7.12. The van der Waals surface area contributed by atoms with Crippen molar-refractivity contribution in [2.75, 3.05) is 19.3 Å². The highest BCUT2D eigenvalue weighted by Gasteiger charge is 2.27. The van der Waals surface area contributed by atoms with Crippen molar-refractivity contribution in [1.29, 1.82) is 0 Å². The zero-order valence-corrected chi connectivity index (χ0v) is 14.5. The van der Waals surface area contributed by atoms with Gasteiger partial charge in [0.1, 0.15) is 6.54 Å². The van der Waals surface area contributed by atoms with Gasteiger partial charge in [-0.05, 0) is 26.7 Å². The number of hydrogen-bond donors (Lipinski definition) is 1. The first kappa shape index (κ1) is 17.2. The van der Waals surface area contributed by atoms with Crippen molar-refractivity contribution in [3.63, 3.8) is 0 Å². The molecule has 1 atom stereocenters. The van der Waals surface area contributed by atoms with Gasteiger partial charge < -0.3 is 5.32 Å². The van der Waals surface area contributed by atoms with Crippen molar-refractivity contribution in [2.24, 2.45) is 0 Å². The van der Waals surface area contributed by atoms with E-state index in [1.807, 2.05) is 6.92 Å². The SMILES string of the molecule is Cc1nn(CC(=O)NC2CCCN(S(C)(=O)=O)C2)c(C)c1Cl. The van der Waals surface area contributed by atoms with Gasteiger partial charge in [0.2, 0.25) is 15.9 Å². The second kappa shape index (κ2) is 6.55. The molecule has 0 saturated carbocycles. The Morgan fingerprint density at radius 2 is 2.14 bits per heavy atom. The van der Waals surface area contributed by atoms with E-state index in [2.05, 4.69) is 10.4 Å². The number of sulfonamides is 1. The van der Waals surface area contributed by atoms with Crippen LogP contribution in [0.4, 0.5) is 0 Å². The molecule has 0 aromatic carbocycles. The number of rotatable bonds is 4. The van der Waals surface area contributed by atoms with Crippen LogP contribution in [0.15, 0.2) is 0 Å². The molecule has 2 heterocycles. The highest BCUT2D eigenvalue weighted by Crippen LogP contribution is 2.19. The zero-order chi connectivity index (χ0) is 16.5. The fraction of sp³-hybridized carbons (Fsp3) is 0.692. The molecule has 0 spiro atoms. The molecule has 1 fully saturated rings. The summed E-state index contributed by atoms with van der Waals surface area (Å²) in [6, 6.07) is -0.164. The van der Waals surface area contributed by atoms with Gasteiger partial charge in [-0.3, -0.25) is 9.48 Å². The molecule has 1 saturated heterocycles. The average Bonchev–Trinajstić information content (AvgIpc) is 2.65. The predicted molar refractivity (Wildman–Crippen MR) is 84.3 cm³/mol. The molecule has 2 rings (SSSR count). The van der Waals surface area contributed by atoms with Crippen LogP contribution in [0.1, 0.15) is 24.2 Å². The van der Waals surface area contributed by atoms with Gasteiger partial charge in [0.15, 0.2) is 0 Å². The van der Waals surface area contributed by atoms with E-state index in [1.54, 1.807) is 11.6 Å². The van der Waals surface area contributed by atoms with Gasteiger partial charge in [0.25, 0.3) is 0 Å². The Labute approximate surface area is 135 Å². The number of nitrogens with one attached hydrogen (secondary N) is 1. The van der Waals surface area contributed by atoms with E-state index in [9.17, 15) is 13.2 Å². The maximum absolute atomic E-state index is 12.1. The molecule has 0 aliphatic carbocycles. The number of piperidine rings is 1. The van der Waals surface area contributed by atoms with Crippen LogP contribution in [-0.4, -0.2) is 53.8 Å². The van der Waals surface area contributed by atoms with Crippen LogP contribution in [0.2, 0.25) is 5.02 Å². The first-order chi connectivity index (χ1) is 10.2. The average molecular weight is 349 g/mol. The topological polar surface area (TPSA) is 84.3 Å². The van der Waals surface area contributed by atoms with Gasteiger partial charge in [-0.1, -0.05) is 11.6 Å². The quantitative estimate of drug-likeness (QED) is 0.867. The normalized spacial score (nSPS) is 20.1. The Balaban J connectivity index is 1.96. The van der Waals surface area contributed by atoms with Gasteiger partial charge >= 0.3 is 0 Å². The molecule has 1 aliphatic heterocycles. The minimum absolute atomic E-state index is 0.0781. The summed E-state index contributed by atoms with van der Waals surface area (Å²) in [6.07, 6.45) is 2.70. The van der Waals surface area contributed by atoms with Crippen LogP contribution < -0.4 is 5.32 Å². The lowest BCUT2D eigenvalue weighted by Crippen LogP contribution is -2.49. The van der Waals surface area contributed by atoms with Gasteiger partial charge in [0.05, 0.1) is 22.7 Å². The molecule has 1 unspecified atom stereocenters. The molecule has 7 nitrogen and oxygen atoms in total. The number of carbonyl (C=O) groups is 1. The van der Waals surface area contributed by atoms with Crippen molar-refractivity contribution in [2.45, 2.75) is 39.3 Å². The van der Waals surface area contributed by atoms with E-state index in [0.717, 1.165) is 18.5 Å². The number of nitrogens with zero attached hydrogens (tertiary/aromatic N) is 3. The van der Waals surface area contributed by atoms with Crippen molar-refractivity contribution >= 4 is 27.5 Å². The second-order valence-electron chi connectivity index (χ2n) is 5.67.